The van der Waals surface area contributed by atoms with E-state index in [0.29, 0.717) is 5.56 Å². The van der Waals surface area contributed by atoms with Crippen molar-refractivity contribution in [1.29, 1.82) is 0 Å². The highest BCUT2D eigenvalue weighted by Crippen LogP contribution is 2.17. The summed E-state index contributed by atoms with van der Waals surface area (Å²) in [4.78, 5) is 12.0. The maximum atomic E-state index is 12.0. The number of anilines is 1. The molecule has 0 aliphatic carbocycles. The molecule has 1 aromatic carbocycles. The van der Waals surface area contributed by atoms with Gasteiger partial charge in [-0.25, -0.2) is 0 Å². The second kappa shape index (κ2) is 5.67. The van der Waals surface area contributed by atoms with E-state index in [1.54, 1.807) is 24.1 Å². The number of rotatable bonds is 4. The second-order valence-corrected chi connectivity index (χ2v) is 4.49. The van der Waals surface area contributed by atoms with Gasteiger partial charge in [-0.3, -0.25) is 9.48 Å². The number of aryl methyl sites for hydroxylation is 1. The first-order valence-corrected chi connectivity index (χ1v) is 6.17. The molecule has 1 amide bonds. The zero-order valence-corrected chi connectivity index (χ0v) is 11.3. The number of hydrogen-bond acceptors (Lipinski definition) is 3. The molecule has 2 rings (SSSR count). The van der Waals surface area contributed by atoms with Crippen LogP contribution in [-0.4, -0.2) is 22.7 Å². The first-order valence-electron chi connectivity index (χ1n) is 6.17. The van der Waals surface area contributed by atoms with E-state index in [0.717, 1.165) is 11.3 Å². The third-order valence-electron chi connectivity index (χ3n) is 3.04. The summed E-state index contributed by atoms with van der Waals surface area (Å²) in [5.41, 5.74) is 2.47. The van der Waals surface area contributed by atoms with E-state index in [-0.39, 0.29) is 11.9 Å². The van der Waals surface area contributed by atoms with E-state index in [1.165, 1.54) is 0 Å². The predicted octanol–water partition coefficient (Wildman–Crippen LogP) is 1.95. The highest BCUT2D eigenvalue weighted by molar-refractivity contribution is 6.03. The van der Waals surface area contributed by atoms with Crippen molar-refractivity contribution in [2.75, 3.05) is 12.4 Å². The first kappa shape index (κ1) is 13.3. The van der Waals surface area contributed by atoms with Gasteiger partial charge < -0.3 is 10.6 Å². The van der Waals surface area contributed by atoms with Crippen LogP contribution >= 0.6 is 0 Å². The Kier molecular flexibility index (Phi) is 3.97. The van der Waals surface area contributed by atoms with Gasteiger partial charge in [-0.1, -0.05) is 12.1 Å². The average Bonchev–Trinajstić information content (AvgIpc) is 2.85. The third kappa shape index (κ3) is 3.20. The van der Waals surface area contributed by atoms with E-state index in [2.05, 4.69) is 22.7 Å². The van der Waals surface area contributed by atoms with Crippen LogP contribution in [0.2, 0.25) is 0 Å². The van der Waals surface area contributed by atoms with Crippen molar-refractivity contribution in [3.63, 3.8) is 0 Å². The molecule has 0 aliphatic rings. The van der Waals surface area contributed by atoms with E-state index in [1.807, 2.05) is 31.3 Å². The van der Waals surface area contributed by atoms with E-state index < -0.39 is 0 Å². The second-order valence-electron chi connectivity index (χ2n) is 4.49. The Morgan fingerprint density at radius 1 is 1.42 bits per heavy atom. The highest BCUT2D eigenvalue weighted by Gasteiger charge is 2.09. The van der Waals surface area contributed by atoms with Crippen LogP contribution in [0.25, 0.3) is 0 Å². The summed E-state index contributed by atoms with van der Waals surface area (Å²) in [6.45, 7) is 2.07. The summed E-state index contributed by atoms with van der Waals surface area (Å²) in [5.74, 6) is -0.151. The molecule has 19 heavy (non-hydrogen) atoms. The third-order valence-corrected chi connectivity index (χ3v) is 3.04. The number of amides is 1. The first-order chi connectivity index (χ1) is 9.10. The fourth-order valence-electron chi connectivity index (χ4n) is 1.79. The molecular weight excluding hydrogens is 240 g/mol. The molecule has 5 nitrogen and oxygen atoms in total. The molecule has 0 aliphatic heterocycles. The van der Waals surface area contributed by atoms with Crippen LogP contribution in [0.5, 0.6) is 0 Å². The normalized spacial score (nSPS) is 12.2. The zero-order chi connectivity index (χ0) is 13.8. The number of carbonyl (C=O) groups excluding carboxylic acids is 1. The van der Waals surface area contributed by atoms with Crippen LogP contribution in [0.1, 0.15) is 28.9 Å². The molecule has 0 saturated carbocycles. The molecule has 0 saturated heterocycles. The molecule has 0 fully saturated rings. The van der Waals surface area contributed by atoms with Crippen LogP contribution in [-0.2, 0) is 7.05 Å². The van der Waals surface area contributed by atoms with E-state index >= 15 is 0 Å². The molecule has 0 spiro atoms. The number of nitrogens with one attached hydrogen (secondary N) is 2. The number of benzene rings is 1. The number of nitrogens with zero attached hydrogens (tertiary/aromatic N) is 2. The lowest BCUT2D eigenvalue weighted by Crippen LogP contribution is -2.14. The van der Waals surface area contributed by atoms with Crippen LogP contribution < -0.4 is 10.6 Å². The van der Waals surface area contributed by atoms with Crippen molar-refractivity contribution < 1.29 is 4.79 Å². The summed E-state index contributed by atoms with van der Waals surface area (Å²) in [6.07, 6.45) is 3.24. The Morgan fingerprint density at radius 3 is 2.84 bits per heavy atom. The Morgan fingerprint density at radius 2 is 2.21 bits per heavy atom. The largest absolute Gasteiger partial charge is 0.322 e. The van der Waals surface area contributed by atoms with Crippen LogP contribution in [0.4, 0.5) is 5.69 Å². The smallest absolute Gasteiger partial charge is 0.258 e. The van der Waals surface area contributed by atoms with Gasteiger partial charge >= 0.3 is 0 Å². The van der Waals surface area contributed by atoms with Gasteiger partial charge in [0.1, 0.15) is 0 Å². The van der Waals surface area contributed by atoms with E-state index in [4.69, 9.17) is 0 Å². The van der Waals surface area contributed by atoms with Gasteiger partial charge in [0.05, 0.1) is 11.8 Å². The van der Waals surface area contributed by atoms with Gasteiger partial charge in [-0.05, 0) is 31.7 Å². The molecule has 100 valence electrons. The molecule has 2 N–H and O–H groups in total. The summed E-state index contributed by atoms with van der Waals surface area (Å²) in [6, 6.07) is 8.05. The molecule has 1 heterocycles. The Balaban J connectivity index is 2.13. The maximum Gasteiger partial charge on any atom is 0.258 e. The van der Waals surface area contributed by atoms with Gasteiger partial charge in [0.25, 0.3) is 5.91 Å². The Hall–Kier alpha value is -2.14. The van der Waals surface area contributed by atoms with Gasteiger partial charge in [0.15, 0.2) is 0 Å². The summed E-state index contributed by atoms with van der Waals surface area (Å²) < 4.78 is 1.61. The average molecular weight is 258 g/mol. The number of aromatic nitrogens is 2. The quantitative estimate of drug-likeness (QED) is 0.881. The van der Waals surface area contributed by atoms with Crippen molar-refractivity contribution >= 4 is 11.6 Å². The fourth-order valence-corrected chi connectivity index (χ4v) is 1.79. The lowest BCUT2D eigenvalue weighted by molar-refractivity contribution is 0.102. The maximum absolute atomic E-state index is 12.0. The van der Waals surface area contributed by atoms with E-state index in [9.17, 15) is 4.79 Å². The fraction of sp³-hybridized carbons (Fsp3) is 0.286. The van der Waals surface area contributed by atoms with Gasteiger partial charge in [0, 0.05) is 25.0 Å². The minimum Gasteiger partial charge on any atom is -0.322 e. The standard InChI is InChI=1S/C14H18N4O/c1-10(15-2)11-5-4-6-13(7-11)17-14(19)12-8-16-18(3)9-12/h4-10,15H,1-3H3,(H,17,19). The lowest BCUT2D eigenvalue weighted by Gasteiger charge is -2.12. The topological polar surface area (TPSA) is 58.9 Å². The van der Waals surface area contributed by atoms with Crippen molar-refractivity contribution in [3.8, 4) is 0 Å². The molecule has 1 atom stereocenters. The number of hydrogen-bond donors (Lipinski definition) is 2. The molecule has 1 unspecified atom stereocenters. The summed E-state index contributed by atoms with van der Waals surface area (Å²) >= 11 is 0. The molecule has 0 radical (unpaired) electrons. The van der Waals surface area contributed by atoms with Crippen LogP contribution in [0, 0.1) is 0 Å². The molecule has 1 aromatic heterocycles. The lowest BCUT2D eigenvalue weighted by atomic mass is 10.1. The summed E-state index contributed by atoms with van der Waals surface area (Å²) in [7, 11) is 3.69. The zero-order valence-electron chi connectivity index (χ0n) is 11.3. The summed E-state index contributed by atoms with van der Waals surface area (Å²) in [5, 5.41) is 10.0. The van der Waals surface area contributed by atoms with Crippen LogP contribution in [0.15, 0.2) is 36.7 Å². The number of carbonyl (C=O) groups is 1. The SMILES string of the molecule is CNC(C)c1cccc(NC(=O)c2cnn(C)c2)c1. The van der Waals surface area contributed by atoms with Crippen molar-refractivity contribution in [3.05, 3.63) is 47.8 Å². The van der Waals surface area contributed by atoms with Gasteiger partial charge in [-0.2, -0.15) is 5.10 Å². The minimum atomic E-state index is -0.151. The van der Waals surface area contributed by atoms with Crippen LogP contribution in [0.3, 0.4) is 0 Å². The van der Waals surface area contributed by atoms with Gasteiger partial charge in [-0.15, -0.1) is 0 Å². The molecule has 2 aromatic rings. The van der Waals surface area contributed by atoms with Crippen molar-refractivity contribution in [2.45, 2.75) is 13.0 Å². The van der Waals surface area contributed by atoms with Gasteiger partial charge in [0.2, 0.25) is 0 Å². The molecule has 0 bridgehead atoms. The van der Waals surface area contributed by atoms with Crippen molar-refractivity contribution in [2.24, 2.45) is 7.05 Å². The predicted molar refractivity (Wildman–Crippen MR) is 75.1 cm³/mol. The van der Waals surface area contributed by atoms with Crippen molar-refractivity contribution in [1.82, 2.24) is 15.1 Å². The molecule has 5 heteroatoms. The highest BCUT2D eigenvalue weighted by atomic mass is 16.1. The molecular formula is C14H18N4O. The monoisotopic (exact) mass is 258 g/mol. The Bertz CT molecular complexity index is 576. The minimum absolute atomic E-state index is 0.151. The Labute approximate surface area is 112 Å².